The van der Waals surface area contributed by atoms with Crippen molar-refractivity contribution in [1.29, 1.82) is 0 Å². The lowest BCUT2D eigenvalue weighted by Gasteiger charge is -2.13. The molecule has 7 heteroatoms. The van der Waals surface area contributed by atoms with E-state index in [0.717, 1.165) is 38.6 Å². The predicted molar refractivity (Wildman–Crippen MR) is 124 cm³/mol. The second-order valence-corrected chi connectivity index (χ2v) is 7.75. The van der Waals surface area contributed by atoms with Crippen LogP contribution in [0.1, 0.15) is 12.5 Å². The van der Waals surface area contributed by atoms with Crippen LogP contribution in [0.3, 0.4) is 0 Å². The molecule has 0 atom stereocenters. The molecular weight excluding hydrogens is 462 g/mol. The first-order valence-electron chi connectivity index (χ1n) is 9.53. The molecule has 1 heterocycles. The Morgan fingerprint density at radius 2 is 1.63 bits per heavy atom. The minimum Gasteiger partial charge on any atom is -0.492 e. The van der Waals surface area contributed by atoms with Gasteiger partial charge >= 0.3 is 0 Å². The van der Waals surface area contributed by atoms with Crippen LogP contribution in [0.25, 0.3) is 17.1 Å². The largest absolute Gasteiger partial charge is 0.492 e. The van der Waals surface area contributed by atoms with Gasteiger partial charge in [0.15, 0.2) is 10.6 Å². The molecule has 0 saturated carbocycles. The fourth-order valence-electron chi connectivity index (χ4n) is 3.11. The third-order valence-corrected chi connectivity index (χ3v) is 5.45. The van der Waals surface area contributed by atoms with Crippen LogP contribution >= 0.6 is 28.1 Å². The van der Waals surface area contributed by atoms with E-state index in [1.54, 1.807) is 0 Å². The summed E-state index contributed by atoms with van der Waals surface area (Å²) in [5, 5.41) is 7.35. The summed E-state index contributed by atoms with van der Waals surface area (Å²) in [6.45, 7) is 3.01. The molecule has 3 aromatic carbocycles. The highest BCUT2D eigenvalue weighted by atomic mass is 79.9. The number of hydrogen-bond donors (Lipinski definition) is 1. The van der Waals surface area contributed by atoms with Crippen LogP contribution in [0.5, 0.6) is 11.5 Å². The van der Waals surface area contributed by atoms with Gasteiger partial charge in [0, 0.05) is 5.56 Å². The van der Waals surface area contributed by atoms with Gasteiger partial charge in [0.1, 0.15) is 18.1 Å². The van der Waals surface area contributed by atoms with Crippen molar-refractivity contribution in [1.82, 2.24) is 14.8 Å². The van der Waals surface area contributed by atoms with Crippen LogP contribution in [0.2, 0.25) is 0 Å². The van der Waals surface area contributed by atoms with E-state index < -0.39 is 0 Å². The number of nitrogens with one attached hydrogen (secondary N) is 1. The minimum atomic E-state index is 0.475. The number of aromatic amines is 1. The molecule has 4 rings (SSSR count). The fourth-order valence-corrected chi connectivity index (χ4v) is 3.74. The summed E-state index contributed by atoms with van der Waals surface area (Å²) in [4.78, 5) is 0. The Morgan fingerprint density at radius 1 is 0.933 bits per heavy atom. The van der Waals surface area contributed by atoms with Gasteiger partial charge in [-0.25, -0.2) is 0 Å². The Balaban J connectivity index is 1.60. The molecule has 1 aromatic heterocycles. The van der Waals surface area contributed by atoms with E-state index in [2.05, 4.69) is 26.1 Å². The lowest BCUT2D eigenvalue weighted by Crippen LogP contribution is -2.02. The highest BCUT2D eigenvalue weighted by Crippen LogP contribution is 2.29. The first-order valence-corrected chi connectivity index (χ1v) is 10.7. The maximum absolute atomic E-state index is 5.90. The Bertz CT molecular complexity index is 1200. The average molecular weight is 482 g/mol. The second kappa shape index (κ2) is 9.28. The topological polar surface area (TPSA) is 52.1 Å². The molecule has 0 spiro atoms. The molecule has 0 aliphatic rings. The number of hydrogen-bond acceptors (Lipinski definition) is 4. The van der Waals surface area contributed by atoms with Crippen molar-refractivity contribution in [2.45, 2.75) is 13.5 Å². The van der Waals surface area contributed by atoms with E-state index in [1.807, 2.05) is 84.3 Å². The quantitative estimate of drug-likeness (QED) is 0.313. The number of rotatable bonds is 7. The summed E-state index contributed by atoms with van der Waals surface area (Å²) in [7, 11) is 0. The number of benzene rings is 3. The van der Waals surface area contributed by atoms with Gasteiger partial charge in [0.25, 0.3) is 0 Å². The molecule has 0 aliphatic heterocycles. The molecule has 30 heavy (non-hydrogen) atoms. The average Bonchev–Trinajstić information content (AvgIpc) is 3.15. The molecule has 0 amide bonds. The van der Waals surface area contributed by atoms with E-state index in [0.29, 0.717) is 18.0 Å². The van der Waals surface area contributed by atoms with Crippen LogP contribution in [-0.2, 0) is 6.61 Å². The number of ether oxygens (including phenoxy) is 2. The van der Waals surface area contributed by atoms with Gasteiger partial charge in [-0.15, -0.1) is 0 Å². The normalized spacial score (nSPS) is 10.7. The molecule has 0 radical (unpaired) electrons. The van der Waals surface area contributed by atoms with Crippen LogP contribution in [-0.4, -0.2) is 21.4 Å². The van der Waals surface area contributed by atoms with Crippen molar-refractivity contribution >= 4 is 28.1 Å². The lowest BCUT2D eigenvalue weighted by molar-refractivity contribution is 0.304. The molecule has 152 valence electrons. The van der Waals surface area contributed by atoms with Crippen molar-refractivity contribution in [3.63, 3.8) is 0 Å². The molecule has 1 N–H and O–H groups in total. The standard InChI is InChI=1S/C23H20BrN3O2S/c1-2-28-21-10-6-4-8-19(21)27-22(25-26-23(27)30)17-13-11-16(12-14-17)15-29-20-9-5-3-7-18(20)24/h3-14H,2,15H2,1H3,(H,26,30). The van der Waals surface area contributed by atoms with Gasteiger partial charge in [-0.3, -0.25) is 9.67 Å². The monoisotopic (exact) mass is 481 g/mol. The SMILES string of the molecule is CCOc1ccccc1-n1c(-c2ccc(COc3ccccc3Br)cc2)n[nH]c1=S. The van der Waals surface area contributed by atoms with Crippen molar-refractivity contribution in [3.05, 3.63) is 87.6 Å². The number of para-hydroxylation sites is 3. The first kappa shape index (κ1) is 20.4. The Kier molecular flexibility index (Phi) is 6.30. The molecule has 0 fully saturated rings. The van der Waals surface area contributed by atoms with Gasteiger partial charge in [-0.1, -0.05) is 48.5 Å². The third-order valence-electron chi connectivity index (χ3n) is 4.52. The summed E-state index contributed by atoms with van der Waals surface area (Å²) >= 11 is 9.00. The molecule has 0 aliphatic carbocycles. The Morgan fingerprint density at radius 3 is 2.37 bits per heavy atom. The maximum Gasteiger partial charge on any atom is 0.200 e. The van der Waals surface area contributed by atoms with Crippen LogP contribution < -0.4 is 9.47 Å². The molecule has 0 unspecified atom stereocenters. The number of H-pyrrole nitrogens is 1. The lowest BCUT2D eigenvalue weighted by atomic mass is 10.1. The van der Waals surface area contributed by atoms with E-state index in [1.165, 1.54) is 0 Å². The van der Waals surface area contributed by atoms with E-state index in [4.69, 9.17) is 21.7 Å². The maximum atomic E-state index is 5.90. The van der Waals surface area contributed by atoms with Gasteiger partial charge in [0.05, 0.1) is 16.8 Å². The van der Waals surface area contributed by atoms with E-state index in [-0.39, 0.29) is 0 Å². The van der Waals surface area contributed by atoms with Crippen LogP contribution in [0, 0.1) is 4.77 Å². The zero-order valence-corrected chi connectivity index (χ0v) is 18.7. The van der Waals surface area contributed by atoms with Gasteiger partial charge in [-0.05, 0) is 64.9 Å². The Labute approximate surface area is 188 Å². The smallest absolute Gasteiger partial charge is 0.200 e. The van der Waals surface area contributed by atoms with Crippen molar-refractivity contribution in [3.8, 4) is 28.6 Å². The Hall–Kier alpha value is -2.90. The van der Waals surface area contributed by atoms with Gasteiger partial charge < -0.3 is 9.47 Å². The van der Waals surface area contributed by atoms with Crippen molar-refractivity contribution < 1.29 is 9.47 Å². The van der Waals surface area contributed by atoms with Gasteiger partial charge in [-0.2, -0.15) is 5.10 Å². The van der Waals surface area contributed by atoms with Crippen molar-refractivity contribution in [2.75, 3.05) is 6.61 Å². The van der Waals surface area contributed by atoms with Crippen LogP contribution in [0.15, 0.2) is 77.3 Å². The summed E-state index contributed by atoms with van der Waals surface area (Å²) in [6.07, 6.45) is 0. The summed E-state index contributed by atoms with van der Waals surface area (Å²) < 4.78 is 15.0. The van der Waals surface area contributed by atoms with E-state index >= 15 is 0 Å². The summed E-state index contributed by atoms with van der Waals surface area (Å²) in [5.74, 6) is 2.30. The molecular formula is C23H20BrN3O2S. The first-order chi connectivity index (χ1) is 14.7. The zero-order valence-electron chi connectivity index (χ0n) is 16.3. The van der Waals surface area contributed by atoms with E-state index in [9.17, 15) is 0 Å². The van der Waals surface area contributed by atoms with Crippen molar-refractivity contribution in [2.24, 2.45) is 0 Å². The number of halogens is 1. The molecule has 4 aromatic rings. The highest BCUT2D eigenvalue weighted by Gasteiger charge is 2.14. The predicted octanol–water partition coefficient (Wildman–Crippen LogP) is 6.34. The molecule has 0 saturated heterocycles. The summed E-state index contributed by atoms with van der Waals surface area (Å²) in [6, 6.07) is 23.7. The minimum absolute atomic E-state index is 0.475. The zero-order chi connectivity index (χ0) is 20.9. The molecule has 5 nitrogen and oxygen atoms in total. The second-order valence-electron chi connectivity index (χ2n) is 6.50. The number of nitrogens with zero attached hydrogens (tertiary/aromatic N) is 2. The third kappa shape index (κ3) is 4.32. The highest BCUT2D eigenvalue weighted by molar-refractivity contribution is 9.10. The van der Waals surface area contributed by atoms with Crippen LogP contribution in [0.4, 0.5) is 0 Å². The summed E-state index contributed by atoms with van der Waals surface area (Å²) in [5.41, 5.74) is 2.86. The van der Waals surface area contributed by atoms with Gasteiger partial charge in [0.2, 0.25) is 0 Å². The molecule has 0 bridgehead atoms. The number of aromatic nitrogens is 3. The fraction of sp³-hybridized carbons (Fsp3) is 0.130.